The highest BCUT2D eigenvalue weighted by Crippen LogP contribution is 2.47. The highest BCUT2D eigenvalue weighted by molar-refractivity contribution is 9.13. The Kier molecular flexibility index (Phi) is 3.75. The lowest BCUT2D eigenvalue weighted by Crippen LogP contribution is -1.79. The number of phenols is 1. The lowest BCUT2D eigenvalue weighted by atomic mass is 10.3. The first-order valence-corrected chi connectivity index (χ1v) is 5.80. The molecule has 1 aromatic rings. The fourth-order valence-corrected chi connectivity index (χ4v) is 2.68. The van der Waals surface area contributed by atoms with Crippen LogP contribution in [0.1, 0.15) is 0 Å². The van der Waals surface area contributed by atoms with Crippen molar-refractivity contribution < 1.29 is 5.11 Å². The van der Waals surface area contributed by atoms with E-state index in [-0.39, 0.29) is 10.8 Å². The fourth-order valence-electron chi connectivity index (χ4n) is 0.593. The smallest absolute Gasteiger partial charge is 0.150 e. The number of halogens is 5. The zero-order chi connectivity index (χ0) is 9.46. The highest BCUT2D eigenvalue weighted by atomic mass is 79.9. The van der Waals surface area contributed by atoms with E-state index >= 15 is 0 Å². The van der Waals surface area contributed by atoms with Crippen LogP contribution in [-0.2, 0) is 0 Å². The van der Waals surface area contributed by atoms with E-state index in [0.717, 1.165) is 0 Å². The van der Waals surface area contributed by atoms with Crippen molar-refractivity contribution in [3.8, 4) is 5.75 Å². The molecular weight excluding hydrogens is 399 g/mol. The van der Waals surface area contributed by atoms with Gasteiger partial charge in [0.25, 0.3) is 0 Å². The van der Waals surface area contributed by atoms with E-state index in [1.54, 1.807) is 0 Å². The Bertz CT molecular complexity index is 235. The number of rotatable bonds is 0. The standard InChI is InChI=1S/C6HBr3Cl2O/c7-1-2(8)6(12)5(11)3(9)4(1)10/h12H. The molecule has 0 spiro atoms. The molecule has 0 heterocycles. The number of aromatic hydroxyl groups is 1. The summed E-state index contributed by atoms with van der Waals surface area (Å²) in [6, 6.07) is 0. The van der Waals surface area contributed by atoms with Gasteiger partial charge in [-0.25, -0.2) is 0 Å². The molecule has 0 saturated carbocycles. The molecule has 0 saturated heterocycles. The van der Waals surface area contributed by atoms with E-state index in [1.165, 1.54) is 0 Å². The van der Waals surface area contributed by atoms with Crippen molar-refractivity contribution in [2.24, 2.45) is 0 Å². The summed E-state index contributed by atoms with van der Waals surface area (Å²) < 4.78 is 1.48. The molecule has 66 valence electrons. The summed E-state index contributed by atoms with van der Waals surface area (Å²) >= 11 is 21.0. The molecule has 1 nitrogen and oxygen atoms in total. The van der Waals surface area contributed by atoms with E-state index < -0.39 is 0 Å². The predicted molar refractivity (Wildman–Crippen MR) is 61.2 cm³/mol. The maximum absolute atomic E-state index is 9.39. The van der Waals surface area contributed by atoms with Gasteiger partial charge in [-0.1, -0.05) is 23.2 Å². The van der Waals surface area contributed by atoms with Gasteiger partial charge in [-0.3, -0.25) is 0 Å². The van der Waals surface area contributed by atoms with Gasteiger partial charge < -0.3 is 5.11 Å². The van der Waals surface area contributed by atoms with Gasteiger partial charge in [0.05, 0.1) is 23.5 Å². The van der Waals surface area contributed by atoms with Gasteiger partial charge in [0, 0.05) is 0 Å². The van der Waals surface area contributed by atoms with E-state index in [2.05, 4.69) is 47.8 Å². The molecule has 1 N–H and O–H groups in total. The monoisotopic (exact) mass is 396 g/mol. The van der Waals surface area contributed by atoms with Gasteiger partial charge in [0.15, 0.2) is 5.75 Å². The number of benzene rings is 1. The zero-order valence-corrected chi connectivity index (χ0v) is 11.6. The second kappa shape index (κ2) is 4.05. The molecule has 0 fully saturated rings. The van der Waals surface area contributed by atoms with Crippen LogP contribution in [0.4, 0.5) is 0 Å². The highest BCUT2D eigenvalue weighted by Gasteiger charge is 2.16. The molecule has 0 bridgehead atoms. The zero-order valence-electron chi connectivity index (χ0n) is 5.34. The maximum Gasteiger partial charge on any atom is 0.150 e. The average Bonchev–Trinajstić information content (AvgIpc) is 2.08. The minimum absolute atomic E-state index is 0.0418. The van der Waals surface area contributed by atoms with Crippen LogP contribution in [0.3, 0.4) is 0 Å². The first-order chi connectivity index (χ1) is 5.46. The quantitative estimate of drug-likeness (QED) is 0.481. The number of hydrogen-bond donors (Lipinski definition) is 1. The van der Waals surface area contributed by atoms with Gasteiger partial charge in [-0.05, 0) is 47.8 Å². The Morgan fingerprint density at radius 2 is 1.33 bits per heavy atom. The second-order valence-corrected chi connectivity index (χ2v) is 5.05. The summed E-state index contributed by atoms with van der Waals surface area (Å²) in [5.74, 6) is -0.0418. The molecule has 1 aromatic carbocycles. The van der Waals surface area contributed by atoms with Gasteiger partial charge in [0.1, 0.15) is 0 Å². The van der Waals surface area contributed by atoms with Crippen molar-refractivity contribution in [3.63, 3.8) is 0 Å². The third kappa shape index (κ3) is 1.77. The van der Waals surface area contributed by atoms with Crippen LogP contribution in [0.5, 0.6) is 5.75 Å². The first-order valence-electron chi connectivity index (χ1n) is 2.67. The van der Waals surface area contributed by atoms with E-state index in [1.807, 2.05) is 0 Å². The molecule has 1 rings (SSSR count). The molecule has 0 aliphatic carbocycles. The summed E-state index contributed by atoms with van der Waals surface area (Å²) in [6.45, 7) is 0. The summed E-state index contributed by atoms with van der Waals surface area (Å²) in [4.78, 5) is 0. The second-order valence-electron chi connectivity index (χ2n) is 1.92. The fraction of sp³-hybridized carbons (Fsp3) is 0. The van der Waals surface area contributed by atoms with Gasteiger partial charge in [0.2, 0.25) is 0 Å². The summed E-state index contributed by atoms with van der Waals surface area (Å²) in [6.07, 6.45) is 0. The third-order valence-electron chi connectivity index (χ3n) is 1.19. The van der Waals surface area contributed by atoms with E-state index in [4.69, 9.17) is 23.2 Å². The van der Waals surface area contributed by atoms with Gasteiger partial charge in [-0.2, -0.15) is 0 Å². The molecule has 0 aromatic heterocycles. The van der Waals surface area contributed by atoms with Crippen molar-refractivity contribution in [1.29, 1.82) is 0 Å². The summed E-state index contributed by atoms with van der Waals surface area (Å²) in [5, 5.41) is 10.0. The summed E-state index contributed by atoms with van der Waals surface area (Å²) in [7, 11) is 0. The van der Waals surface area contributed by atoms with E-state index in [9.17, 15) is 5.11 Å². The van der Waals surface area contributed by atoms with Gasteiger partial charge >= 0.3 is 0 Å². The minimum Gasteiger partial charge on any atom is -0.505 e. The van der Waals surface area contributed by atoms with E-state index in [0.29, 0.717) is 18.4 Å². The number of phenolic OH excluding ortho intramolecular Hbond substituents is 1. The summed E-state index contributed by atoms with van der Waals surface area (Å²) in [5.41, 5.74) is 0. The van der Waals surface area contributed by atoms with Crippen LogP contribution >= 0.6 is 71.0 Å². The molecule has 0 atom stereocenters. The van der Waals surface area contributed by atoms with Crippen LogP contribution in [0.15, 0.2) is 13.4 Å². The van der Waals surface area contributed by atoms with Crippen molar-refractivity contribution in [1.82, 2.24) is 0 Å². The van der Waals surface area contributed by atoms with Crippen molar-refractivity contribution >= 4 is 71.0 Å². The van der Waals surface area contributed by atoms with Crippen molar-refractivity contribution in [2.75, 3.05) is 0 Å². The molecule has 0 amide bonds. The van der Waals surface area contributed by atoms with Gasteiger partial charge in [-0.15, -0.1) is 0 Å². The molecule has 0 unspecified atom stereocenters. The average molecular weight is 400 g/mol. The largest absolute Gasteiger partial charge is 0.505 e. The molecule has 12 heavy (non-hydrogen) atoms. The van der Waals surface area contributed by atoms with Crippen LogP contribution in [-0.4, -0.2) is 5.11 Å². The Hall–Kier alpha value is 1.04. The Labute approximate surface area is 104 Å². The van der Waals surface area contributed by atoms with Crippen LogP contribution in [0, 0.1) is 0 Å². The van der Waals surface area contributed by atoms with Crippen LogP contribution in [0.2, 0.25) is 10.0 Å². The molecular formula is C6HBr3Cl2O. The lowest BCUT2D eigenvalue weighted by Gasteiger charge is -2.07. The Balaban J connectivity index is 3.60. The molecule has 6 heteroatoms. The number of hydrogen-bond acceptors (Lipinski definition) is 1. The molecule has 0 aliphatic rings. The predicted octanol–water partition coefficient (Wildman–Crippen LogP) is 4.99. The normalized spacial score (nSPS) is 10.4. The Morgan fingerprint density at radius 3 is 1.83 bits per heavy atom. The maximum atomic E-state index is 9.39. The minimum atomic E-state index is -0.0418. The van der Waals surface area contributed by atoms with Crippen molar-refractivity contribution in [2.45, 2.75) is 0 Å². The van der Waals surface area contributed by atoms with Crippen molar-refractivity contribution in [3.05, 3.63) is 23.5 Å². The first kappa shape index (κ1) is 11.1. The SMILES string of the molecule is Oc1c(Cl)c(Br)c(Cl)c(Br)c1Br. The topological polar surface area (TPSA) is 20.2 Å². The Morgan fingerprint density at radius 1 is 0.833 bits per heavy atom. The van der Waals surface area contributed by atoms with Crippen LogP contribution < -0.4 is 0 Å². The molecule has 0 radical (unpaired) electrons. The van der Waals surface area contributed by atoms with Crippen LogP contribution in [0.25, 0.3) is 0 Å². The third-order valence-corrected chi connectivity index (χ3v) is 5.51. The lowest BCUT2D eigenvalue weighted by molar-refractivity contribution is 0.471. The molecule has 0 aliphatic heterocycles.